The zero-order valence-corrected chi connectivity index (χ0v) is 22.1. The molecular formula is C31H35N5O. The highest BCUT2D eigenvalue weighted by molar-refractivity contribution is 6.01. The Kier molecular flexibility index (Phi) is 6.21. The number of piperazine rings is 1. The lowest BCUT2D eigenvalue weighted by atomic mass is 10.00. The molecule has 0 saturated carbocycles. The second kappa shape index (κ2) is 9.67. The van der Waals surface area contributed by atoms with Crippen LogP contribution in [0, 0.1) is 20.8 Å². The van der Waals surface area contributed by atoms with E-state index in [9.17, 15) is 4.79 Å². The largest absolute Gasteiger partial charge is 0.350 e. The van der Waals surface area contributed by atoms with E-state index >= 15 is 0 Å². The van der Waals surface area contributed by atoms with Gasteiger partial charge in [-0.1, -0.05) is 54.1 Å². The minimum absolute atomic E-state index is 0.0329. The standard InChI is InChI=1S/C31H35N5O/c1-21-7-6-8-24(17-21)19-36-23(3)22(2)27-18-28(31(37)34-15-12-32-13-16-34)33-30(29(27)36)35-14-11-25-9-4-5-10-26(25)20-35/h4-10,17-18,32H,11-16,19-20H2,1-3H3. The Morgan fingerprint density at radius 1 is 0.946 bits per heavy atom. The van der Waals surface area contributed by atoms with Crippen LogP contribution in [0.4, 0.5) is 5.82 Å². The number of carbonyl (C=O) groups excluding carboxylic acids is 1. The van der Waals surface area contributed by atoms with Gasteiger partial charge in [0.25, 0.3) is 5.91 Å². The molecule has 6 heteroatoms. The second-order valence-electron chi connectivity index (χ2n) is 10.5. The molecule has 6 rings (SSSR count). The van der Waals surface area contributed by atoms with Gasteiger partial charge in [-0.25, -0.2) is 4.98 Å². The number of nitrogens with zero attached hydrogens (tertiary/aromatic N) is 4. The first-order valence-corrected chi connectivity index (χ1v) is 13.4. The van der Waals surface area contributed by atoms with Crippen LogP contribution in [0.5, 0.6) is 0 Å². The maximum atomic E-state index is 13.6. The van der Waals surface area contributed by atoms with Crippen LogP contribution in [0.2, 0.25) is 0 Å². The maximum Gasteiger partial charge on any atom is 0.272 e. The van der Waals surface area contributed by atoms with Crippen LogP contribution < -0.4 is 10.2 Å². The van der Waals surface area contributed by atoms with Crippen molar-refractivity contribution in [3.63, 3.8) is 0 Å². The molecule has 6 nitrogen and oxygen atoms in total. The van der Waals surface area contributed by atoms with E-state index in [0.29, 0.717) is 5.69 Å². The molecule has 0 aliphatic carbocycles. The predicted octanol–water partition coefficient (Wildman–Crippen LogP) is 4.62. The van der Waals surface area contributed by atoms with Crippen molar-refractivity contribution in [2.45, 2.75) is 40.3 Å². The summed E-state index contributed by atoms with van der Waals surface area (Å²) >= 11 is 0. The fourth-order valence-electron chi connectivity index (χ4n) is 5.87. The van der Waals surface area contributed by atoms with E-state index in [1.165, 1.54) is 33.5 Å². The molecule has 2 aromatic carbocycles. The van der Waals surface area contributed by atoms with Crippen molar-refractivity contribution in [3.05, 3.63) is 93.8 Å². The summed E-state index contributed by atoms with van der Waals surface area (Å²) in [7, 11) is 0. The summed E-state index contributed by atoms with van der Waals surface area (Å²) in [5.74, 6) is 0.958. The van der Waals surface area contributed by atoms with Gasteiger partial charge in [0.1, 0.15) is 5.69 Å². The van der Waals surface area contributed by atoms with E-state index in [1.54, 1.807) is 0 Å². The summed E-state index contributed by atoms with van der Waals surface area (Å²) in [6, 6.07) is 19.4. The fraction of sp³-hybridized carbons (Fsp3) is 0.355. The highest BCUT2D eigenvalue weighted by Crippen LogP contribution is 2.35. The van der Waals surface area contributed by atoms with E-state index in [1.807, 2.05) is 11.0 Å². The Balaban J connectivity index is 1.51. The molecule has 2 aliphatic heterocycles. The van der Waals surface area contributed by atoms with Crippen molar-refractivity contribution in [2.75, 3.05) is 37.6 Å². The SMILES string of the molecule is Cc1cccc(Cn2c(C)c(C)c3cc(C(=O)N4CCNCC4)nc(N4CCc5ccccc5C4)c32)c1. The average Bonchev–Trinajstić information content (AvgIpc) is 3.17. The number of hydrogen-bond donors (Lipinski definition) is 1. The lowest BCUT2D eigenvalue weighted by Gasteiger charge is -2.32. The maximum absolute atomic E-state index is 13.6. The van der Waals surface area contributed by atoms with Crippen molar-refractivity contribution in [1.82, 2.24) is 19.8 Å². The Hall–Kier alpha value is -3.64. The molecule has 0 radical (unpaired) electrons. The third-order valence-electron chi connectivity index (χ3n) is 8.07. The summed E-state index contributed by atoms with van der Waals surface area (Å²) in [6.45, 7) is 12.1. The number of aryl methyl sites for hydroxylation is 2. The quantitative estimate of drug-likeness (QED) is 0.451. The smallest absolute Gasteiger partial charge is 0.272 e. The molecule has 1 N–H and O–H groups in total. The van der Waals surface area contributed by atoms with E-state index in [4.69, 9.17) is 4.98 Å². The highest BCUT2D eigenvalue weighted by Gasteiger charge is 2.27. The van der Waals surface area contributed by atoms with E-state index in [-0.39, 0.29) is 5.91 Å². The number of benzene rings is 2. The number of fused-ring (bicyclic) bond motifs is 2. The number of pyridine rings is 1. The monoisotopic (exact) mass is 493 g/mol. The molecule has 1 amide bonds. The van der Waals surface area contributed by atoms with E-state index in [2.05, 4.69) is 84.1 Å². The number of nitrogens with one attached hydrogen (secondary N) is 1. The van der Waals surface area contributed by atoms with Crippen LogP contribution >= 0.6 is 0 Å². The van der Waals surface area contributed by atoms with Crippen molar-refractivity contribution in [1.29, 1.82) is 0 Å². The minimum atomic E-state index is 0.0329. The fourth-order valence-corrected chi connectivity index (χ4v) is 5.87. The summed E-state index contributed by atoms with van der Waals surface area (Å²) < 4.78 is 2.40. The van der Waals surface area contributed by atoms with Gasteiger partial charge in [0.2, 0.25) is 0 Å². The van der Waals surface area contributed by atoms with Crippen LogP contribution in [-0.2, 0) is 19.5 Å². The summed E-state index contributed by atoms with van der Waals surface area (Å²) in [5.41, 5.74) is 9.42. The minimum Gasteiger partial charge on any atom is -0.350 e. The Labute approximate surface area is 218 Å². The van der Waals surface area contributed by atoms with Gasteiger partial charge in [0.05, 0.1) is 5.52 Å². The van der Waals surface area contributed by atoms with Crippen molar-refractivity contribution in [3.8, 4) is 0 Å². The van der Waals surface area contributed by atoms with E-state index in [0.717, 1.165) is 69.0 Å². The lowest BCUT2D eigenvalue weighted by Crippen LogP contribution is -2.46. The number of rotatable bonds is 4. The van der Waals surface area contributed by atoms with Gasteiger partial charge in [-0.15, -0.1) is 0 Å². The van der Waals surface area contributed by atoms with Crippen LogP contribution in [-0.4, -0.2) is 53.1 Å². The summed E-state index contributed by atoms with van der Waals surface area (Å²) in [5, 5.41) is 4.48. The normalized spacial score (nSPS) is 15.8. The third kappa shape index (κ3) is 4.40. The topological polar surface area (TPSA) is 53.4 Å². The summed E-state index contributed by atoms with van der Waals surface area (Å²) in [6.07, 6.45) is 0.978. The molecule has 0 unspecified atom stereocenters. The number of carbonyl (C=O) groups is 1. The van der Waals surface area contributed by atoms with Gasteiger partial charge < -0.3 is 19.7 Å². The Morgan fingerprint density at radius 3 is 2.51 bits per heavy atom. The van der Waals surface area contributed by atoms with Gasteiger partial charge in [-0.05, 0) is 55.5 Å². The molecule has 2 aromatic heterocycles. The van der Waals surface area contributed by atoms with Crippen LogP contribution in [0.15, 0.2) is 54.6 Å². The number of aromatic nitrogens is 2. The zero-order chi connectivity index (χ0) is 25.5. The Morgan fingerprint density at radius 2 is 1.73 bits per heavy atom. The van der Waals surface area contributed by atoms with Crippen molar-refractivity contribution in [2.24, 2.45) is 0 Å². The van der Waals surface area contributed by atoms with Gasteiger partial charge in [0.15, 0.2) is 5.82 Å². The molecule has 0 bridgehead atoms. The number of amides is 1. The van der Waals surface area contributed by atoms with Gasteiger partial charge in [0, 0.05) is 56.9 Å². The van der Waals surface area contributed by atoms with Gasteiger partial charge >= 0.3 is 0 Å². The average molecular weight is 494 g/mol. The first-order chi connectivity index (χ1) is 18.0. The van der Waals surface area contributed by atoms with Gasteiger partial charge in [-0.3, -0.25) is 4.79 Å². The summed E-state index contributed by atoms with van der Waals surface area (Å²) in [4.78, 5) is 23.1. The molecule has 1 fully saturated rings. The molecule has 4 aromatic rings. The highest BCUT2D eigenvalue weighted by atomic mass is 16.2. The number of hydrogen-bond acceptors (Lipinski definition) is 4. The molecule has 1 saturated heterocycles. The van der Waals surface area contributed by atoms with E-state index < -0.39 is 0 Å². The zero-order valence-electron chi connectivity index (χ0n) is 22.1. The Bertz CT molecular complexity index is 1480. The molecule has 2 aliphatic rings. The molecule has 37 heavy (non-hydrogen) atoms. The molecule has 0 atom stereocenters. The molecule has 190 valence electrons. The van der Waals surface area contributed by atoms with Gasteiger partial charge in [-0.2, -0.15) is 0 Å². The van der Waals surface area contributed by atoms with Crippen LogP contribution in [0.25, 0.3) is 10.9 Å². The first-order valence-electron chi connectivity index (χ1n) is 13.4. The molecular weight excluding hydrogens is 458 g/mol. The predicted molar refractivity (Wildman–Crippen MR) is 149 cm³/mol. The molecule has 0 spiro atoms. The number of anilines is 1. The van der Waals surface area contributed by atoms with Crippen LogP contribution in [0.1, 0.15) is 44.0 Å². The second-order valence-corrected chi connectivity index (χ2v) is 10.5. The lowest BCUT2D eigenvalue weighted by molar-refractivity contribution is 0.0730. The van der Waals surface area contributed by atoms with Crippen molar-refractivity contribution < 1.29 is 4.79 Å². The third-order valence-corrected chi connectivity index (χ3v) is 8.07. The van der Waals surface area contributed by atoms with Crippen LogP contribution in [0.3, 0.4) is 0 Å². The first kappa shape index (κ1) is 23.7. The molecule has 4 heterocycles. The van der Waals surface area contributed by atoms with Crippen molar-refractivity contribution >= 4 is 22.6 Å².